The van der Waals surface area contributed by atoms with Gasteiger partial charge in [-0.05, 0) is 28.7 Å². The summed E-state index contributed by atoms with van der Waals surface area (Å²) in [5.41, 5.74) is 10.2. The van der Waals surface area contributed by atoms with E-state index < -0.39 is 23.9 Å². The fourth-order valence-corrected chi connectivity index (χ4v) is 3.39. The van der Waals surface area contributed by atoms with Crippen LogP contribution < -0.4 is 5.73 Å². The fourth-order valence-electron chi connectivity index (χ4n) is 3.39. The highest BCUT2D eigenvalue weighted by molar-refractivity contribution is 5.94. The van der Waals surface area contributed by atoms with Crippen LogP contribution in [0.1, 0.15) is 30.4 Å². The maximum absolute atomic E-state index is 12.3. The molecule has 1 aliphatic rings. The average Bonchev–Trinajstić information content (AvgIpc) is 2.93. The van der Waals surface area contributed by atoms with Crippen molar-refractivity contribution in [1.82, 2.24) is 0 Å². The molecule has 3 rings (SSSR count). The Bertz CT molecular complexity index is 756. The number of carboxylic acids is 1. The normalized spacial score (nSPS) is 15.1. The highest BCUT2D eigenvalue weighted by Crippen LogP contribution is 2.44. The van der Waals surface area contributed by atoms with Gasteiger partial charge >= 0.3 is 11.9 Å². The smallest absolute Gasteiger partial charge is 0.321 e. The van der Waals surface area contributed by atoms with Gasteiger partial charge in [-0.2, -0.15) is 0 Å². The fraction of sp³-hybridized carbons (Fsp3) is 0.300. The summed E-state index contributed by atoms with van der Waals surface area (Å²) < 4.78 is 5.39. The van der Waals surface area contributed by atoms with Crippen LogP contribution in [-0.2, 0) is 14.3 Å². The van der Waals surface area contributed by atoms with Gasteiger partial charge < -0.3 is 15.6 Å². The highest BCUT2D eigenvalue weighted by Gasteiger charge is 2.35. The number of carbonyl (C=O) groups excluding carboxylic acids is 1. The number of carbonyl (C=O) groups is 2. The molecule has 5 nitrogen and oxygen atoms in total. The zero-order valence-corrected chi connectivity index (χ0v) is 14.0. The third-order valence-electron chi connectivity index (χ3n) is 4.77. The van der Waals surface area contributed by atoms with Gasteiger partial charge in [-0.15, -0.1) is 0 Å². The van der Waals surface area contributed by atoms with Crippen LogP contribution in [0.5, 0.6) is 0 Å². The van der Waals surface area contributed by atoms with Gasteiger partial charge in [0.1, 0.15) is 6.61 Å². The molecular weight excluding hydrogens is 318 g/mol. The van der Waals surface area contributed by atoms with Crippen molar-refractivity contribution in [3.63, 3.8) is 0 Å². The minimum atomic E-state index is -1.34. The number of ether oxygens (including phenoxy) is 1. The molecule has 5 heteroatoms. The van der Waals surface area contributed by atoms with E-state index in [1.165, 1.54) is 0 Å². The molecule has 3 N–H and O–H groups in total. The van der Waals surface area contributed by atoms with Crippen molar-refractivity contribution in [1.29, 1.82) is 0 Å². The molecule has 2 aromatic carbocycles. The predicted molar refractivity (Wildman–Crippen MR) is 94.1 cm³/mol. The van der Waals surface area contributed by atoms with Crippen molar-refractivity contribution in [2.45, 2.75) is 25.3 Å². The van der Waals surface area contributed by atoms with E-state index in [0.717, 1.165) is 22.3 Å². The van der Waals surface area contributed by atoms with Crippen molar-refractivity contribution in [2.24, 2.45) is 11.7 Å². The van der Waals surface area contributed by atoms with Crippen LogP contribution in [0, 0.1) is 5.92 Å². The van der Waals surface area contributed by atoms with Gasteiger partial charge in [0.15, 0.2) is 5.92 Å². The van der Waals surface area contributed by atoms with E-state index in [4.69, 9.17) is 10.5 Å². The SMILES string of the molecule is CC[C@@H](N)[C@@H](C(=O)O)C(=O)OCC1c2ccccc2-c2ccccc21. The van der Waals surface area contributed by atoms with Gasteiger partial charge in [-0.25, -0.2) is 0 Å². The van der Waals surface area contributed by atoms with Crippen molar-refractivity contribution >= 4 is 11.9 Å². The lowest BCUT2D eigenvalue weighted by molar-refractivity contribution is -0.159. The molecule has 1 aliphatic carbocycles. The quantitative estimate of drug-likeness (QED) is 0.624. The Labute approximate surface area is 146 Å². The van der Waals surface area contributed by atoms with E-state index in [0.29, 0.717) is 6.42 Å². The highest BCUT2D eigenvalue weighted by atomic mass is 16.5. The van der Waals surface area contributed by atoms with Gasteiger partial charge in [0, 0.05) is 12.0 Å². The number of carboxylic acid groups (broad SMARTS) is 1. The molecule has 2 atom stereocenters. The zero-order chi connectivity index (χ0) is 18.0. The lowest BCUT2D eigenvalue weighted by Gasteiger charge is -2.19. The van der Waals surface area contributed by atoms with E-state index in [1.807, 2.05) is 48.5 Å². The van der Waals surface area contributed by atoms with Gasteiger partial charge in [-0.1, -0.05) is 55.5 Å². The molecular formula is C20H21NO4. The van der Waals surface area contributed by atoms with E-state index in [-0.39, 0.29) is 12.5 Å². The minimum absolute atomic E-state index is 0.0938. The first-order valence-corrected chi connectivity index (χ1v) is 8.37. The topological polar surface area (TPSA) is 89.6 Å². The summed E-state index contributed by atoms with van der Waals surface area (Å²) in [6.07, 6.45) is 0.390. The molecule has 2 aromatic rings. The predicted octanol–water partition coefficient (Wildman–Crippen LogP) is 2.78. The second-order valence-electron chi connectivity index (χ2n) is 6.25. The Morgan fingerprint density at radius 3 is 2.08 bits per heavy atom. The second-order valence-corrected chi connectivity index (χ2v) is 6.25. The number of hydrogen-bond acceptors (Lipinski definition) is 4. The van der Waals surface area contributed by atoms with Crippen LogP contribution in [-0.4, -0.2) is 29.7 Å². The monoisotopic (exact) mass is 339 g/mol. The Hall–Kier alpha value is -2.66. The van der Waals surface area contributed by atoms with Crippen LogP contribution in [0.15, 0.2) is 48.5 Å². The Kier molecular flexibility index (Phi) is 4.86. The summed E-state index contributed by atoms with van der Waals surface area (Å²) in [7, 11) is 0. The van der Waals surface area contributed by atoms with Crippen LogP contribution in [0.4, 0.5) is 0 Å². The van der Waals surface area contributed by atoms with Crippen LogP contribution >= 0.6 is 0 Å². The molecule has 0 saturated carbocycles. The van der Waals surface area contributed by atoms with Gasteiger partial charge in [0.25, 0.3) is 0 Å². The number of aliphatic carboxylic acids is 1. The molecule has 0 heterocycles. The Morgan fingerprint density at radius 1 is 1.08 bits per heavy atom. The molecule has 0 saturated heterocycles. The maximum Gasteiger partial charge on any atom is 0.321 e. The van der Waals surface area contributed by atoms with Crippen LogP contribution in [0.3, 0.4) is 0 Å². The molecule has 0 radical (unpaired) electrons. The minimum Gasteiger partial charge on any atom is -0.481 e. The third kappa shape index (κ3) is 3.15. The summed E-state index contributed by atoms with van der Waals surface area (Å²) in [6, 6.07) is 15.2. The first-order chi connectivity index (χ1) is 12.0. The number of nitrogens with two attached hydrogens (primary N) is 1. The van der Waals surface area contributed by atoms with Gasteiger partial charge in [-0.3, -0.25) is 9.59 Å². The van der Waals surface area contributed by atoms with E-state index >= 15 is 0 Å². The van der Waals surface area contributed by atoms with Crippen LogP contribution in [0.25, 0.3) is 11.1 Å². The van der Waals surface area contributed by atoms with E-state index in [1.54, 1.807) is 6.92 Å². The molecule has 0 fully saturated rings. The molecule has 0 aromatic heterocycles. The average molecular weight is 339 g/mol. The number of hydrogen-bond donors (Lipinski definition) is 2. The van der Waals surface area contributed by atoms with Gasteiger partial charge in [0.2, 0.25) is 0 Å². The lowest BCUT2D eigenvalue weighted by atomic mass is 9.97. The number of fused-ring (bicyclic) bond motifs is 3. The van der Waals surface area contributed by atoms with Crippen molar-refractivity contribution in [3.8, 4) is 11.1 Å². The zero-order valence-electron chi connectivity index (χ0n) is 14.0. The Morgan fingerprint density at radius 2 is 1.60 bits per heavy atom. The molecule has 0 aliphatic heterocycles. The molecule has 0 bridgehead atoms. The molecule has 0 spiro atoms. The first kappa shape index (κ1) is 17.2. The number of esters is 1. The summed E-state index contributed by atoms with van der Waals surface area (Å²) in [4.78, 5) is 23.6. The Balaban J connectivity index is 1.82. The molecule has 25 heavy (non-hydrogen) atoms. The van der Waals surface area contributed by atoms with Gasteiger partial charge in [0.05, 0.1) is 0 Å². The maximum atomic E-state index is 12.3. The second kappa shape index (κ2) is 7.07. The van der Waals surface area contributed by atoms with Crippen molar-refractivity contribution in [3.05, 3.63) is 59.7 Å². The number of benzene rings is 2. The number of rotatable bonds is 6. The first-order valence-electron chi connectivity index (χ1n) is 8.37. The third-order valence-corrected chi connectivity index (χ3v) is 4.77. The molecule has 0 amide bonds. The molecule has 0 unspecified atom stereocenters. The largest absolute Gasteiger partial charge is 0.481 e. The summed E-state index contributed by atoms with van der Waals surface area (Å²) >= 11 is 0. The molecule has 130 valence electrons. The van der Waals surface area contributed by atoms with E-state index in [9.17, 15) is 14.7 Å². The van der Waals surface area contributed by atoms with Crippen LogP contribution in [0.2, 0.25) is 0 Å². The lowest BCUT2D eigenvalue weighted by Crippen LogP contribution is -2.41. The van der Waals surface area contributed by atoms with Crippen molar-refractivity contribution in [2.75, 3.05) is 6.61 Å². The standard InChI is InChI=1S/C20H21NO4/c1-2-17(21)18(19(22)23)20(24)25-11-16-14-9-5-3-7-12(14)13-8-4-6-10-15(13)16/h3-10,16-18H,2,11,21H2,1H3,(H,22,23)/t17-,18+/m1/s1. The summed E-state index contributed by atoms with van der Waals surface area (Å²) in [6.45, 7) is 1.85. The van der Waals surface area contributed by atoms with Crippen molar-refractivity contribution < 1.29 is 19.4 Å². The summed E-state index contributed by atoms with van der Waals surface area (Å²) in [5, 5.41) is 9.27. The summed E-state index contributed by atoms with van der Waals surface area (Å²) in [5.74, 6) is -3.45. The van der Waals surface area contributed by atoms with E-state index in [2.05, 4.69) is 0 Å².